The van der Waals surface area contributed by atoms with Gasteiger partial charge in [-0.05, 0) is 18.1 Å². The van der Waals surface area contributed by atoms with Crippen molar-refractivity contribution in [2.24, 2.45) is 0 Å². The van der Waals surface area contributed by atoms with Crippen molar-refractivity contribution < 1.29 is 9.32 Å². The van der Waals surface area contributed by atoms with Crippen molar-refractivity contribution in [1.82, 2.24) is 10.5 Å². The van der Waals surface area contributed by atoms with Gasteiger partial charge < -0.3 is 9.84 Å². The summed E-state index contributed by atoms with van der Waals surface area (Å²) in [5.74, 6) is 0.917. The van der Waals surface area contributed by atoms with Crippen LogP contribution in [0, 0.1) is 6.92 Å². The molecule has 0 fully saturated rings. The van der Waals surface area contributed by atoms with Gasteiger partial charge in [-0.15, -0.1) is 0 Å². The Bertz CT molecular complexity index is 745. The molecule has 0 saturated carbocycles. The van der Waals surface area contributed by atoms with Gasteiger partial charge in [0, 0.05) is 6.07 Å². The number of carbonyl (C=O) groups is 1. The number of nitrogens with zero attached hydrogens (tertiary/aromatic N) is 1. The van der Waals surface area contributed by atoms with Crippen LogP contribution in [0.5, 0.6) is 0 Å². The monoisotopic (exact) mass is 321 g/mol. The van der Waals surface area contributed by atoms with Crippen LogP contribution in [-0.4, -0.2) is 17.6 Å². The van der Waals surface area contributed by atoms with Crippen LogP contribution >= 0.6 is 0 Å². The van der Waals surface area contributed by atoms with Crippen molar-refractivity contribution in [2.75, 3.05) is 11.9 Å². The molecule has 0 radical (unpaired) electrons. The molecule has 0 aliphatic heterocycles. The molecule has 0 bridgehead atoms. The second-order valence-corrected chi connectivity index (χ2v) is 5.51. The van der Waals surface area contributed by atoms with E-state index in [1.54, 1.807) is 13.0 Å². The standard InChI is InChI=1S/C19H19N3O2/c1-14-12-17(22-24-14)21-18(23)13-20-19(15-8-4-2-5-9-15)16-10-6-3-7-11-16/h2-12,19-20H,13H2,1H3,(H,21,22,23). The fourth-order valence-electron chi connectivity index (χ4n) is 2.53. The highest BCUT2D eigenvalue weighted by Gasteiger charge is 2.15. The molecular weight excluding hydrogens is 302 g/mol. The summed E-state index contributed by atoms with van der Waals surface area (Å²) in [5.41, 5.74) is 2.21. The summed E-state index contributed by atoms with van der Waals surface area (Å²) >= 11 is 0. The zero-order valence-corrected chi connectivity index (χ0v) is 13.4. The average Bonchev–Trinajstić information content (AvgIpc) is 3.02. The van der Waals surface area contributed by atoms with Gasteiger partial charge in [0.2, 0.25) is 5.91 Å². The third kappa shape index (κ3) is 4.08. The number of hydrogen-bond acceptors (Lipinski definition) is 4. The summed E-state index contributed by atoms with van der Waals surface area (Å²) < 4.78 is 4.94. The highest BCUT2D eigenvalue weighted by atomic mass is 16.5. The largest absolute Gasteiger partial charge is 0.360 e. The molecule has 1 aromatic heterocycles. The lowest BCUT2D eigenvalue weighted by Crippen LogP contribution is -2.32. The van der Waals surface area contributed by atoms with Gasteiger partial charge in [-0.25, -0.2) is 0 Å². The van der Waals surface area contributed by atoms with Crippen LogP contribution in [0.4, 0.5) is 5.82 Å². The molecule has 2 aromatic carbocycles. The Labute approximate surface area is 140 Å². The lowest BCUT2D eigenvalue weighted by Gasteiger charge is -2.19. The molecule has 0 saturated heterocycles. The molecule has 0 atom stereocenters. The first kappa shape index (κ1) is 16.0. The first-order valence-corrected chi connectivity index (χ1v) is 7.79. The van der Waals surface area contributed by atoms with E-state index in [1.807, 2.05) is 60.7 Å². The van der Waals surface area contributed by atoms with Crippen LogP contribution in [0.2, 0.25) is 0 Å². The summed E-state index contributed by atoms with van der Waals surface area (Å²) in [7, 11) is 0. The molecule has 1 amide bonds. The maximum Gasteiger partial charge on any atom is 0.239 e. The summed E-state index contributed by atoms with van der Waals surface area (Å²) in [6.07, 6.45) is 0. The number of rotatable bonds is 6. The summed E-state index contributed by atoms with van der Waals surface area (Å²) in [4.78, 5) is 12.1. The Morgan fingerprint density at radius 3 is 2.12 bits per heavy atom. The van der Waals surface area contributed by atoms with Gasteiger partial charge in [0.25, 0.3) is 0 Å². The normalized spacial score (nSPS) is 10.8. The van der Waals surface area contributed by atoms with Crippen LogP contribution in [0.15, 0.2) is 71.3 Å². The Kier molecular flexibility index (Phi) is 5.03. The number of carbonyl (C=O) groups excluding carboxylic acids is 1. The second kappa shape index (κ2) is 7.57. The third-order valence-electron chi connectivity index (χ3n) is 3.63. The maximum absolute atomic E-state index is 12.1. The third-order valence-corrected chi connectivity index (χ3v) is 3.63. The van der Waals surface area contributed by atoms with Crippen LogP contribution in [0.3, 0.4) is 0 Å². The van der Waals surface area contributed by atoms with E-state index >= 15 is 0 Å². The van der Waals surface area contributed by atoms with Gasteiger partial charge >= 0.3 is 0 Å². The second-order valence-electron chi connectivity index (χ2n) is 5.51. The number of aromatic nitrogens is 1. The smallest absolute Gasteiger partial charge is 0.239 e. The van der Waals surface area contributed by atoms with E-state index in [0.717, 1.165) is 11.1 Å². The van der Waals surface area contributed by atoms with Gasteiger partial charge in [-0.3, -0.25) is 10.1 Å². The van der Waals surface area contributed by atoms with Crippen molar-refractivity contribution in [3.05, 3.63) is 83.6 Å². The summed E-state index contributed by atoms with van der Waals surface area (Å²) in [6.45, 7) is 1.95. The molecule has 3 rings (SSSR count). The maximum atomic E-state index is 12.1. The quantitative estimate of drug-likeness (QED) is 0.731. The number of anilines is 1. The van der Waals surface area contributed by atoms with Crippen LogP contribution in [-0.2, 0) is 4.79 Å². The van der Waals surface area contributed by atoms with E-state index in [0.29, 0.717) is 11.6 Å². The van der Waals surface area contributed by atoms with Gasteiger partial charge in [-0.2, -0.15) is 0 Å². The minimum absolute atomic E-state index is 0.0582. The van der Waals surface area contributed by atoms with Crippen LogP contribution in [0.1, 0.15) is 22.9 Å². The zero-order chi connectivity index (χ0) is 16.8. The van der Waals surface area contributed by atoms with E-state index in [4.69, 9.17) is 4.52 Å². The topological polar surface area (TPSA) is 67.2 Å². The van der Waals surface area contributed by atoms with E-state index in [9.17, 15) is 4.79 Å². The highest BCUT2D eigenvalue weighted by molar-refractivity contribution is 5.91. The Morgan fingerprint density at radius 1 is 1.04 bits per heavy atom. The Balaban J connectivity index is 1.69. The van der Waals surface area contributed by atoms with Crippen molar-refractivity contribution in [1.29, 1.82) is 0 Å². The highest BCUT2D eigenvalue weighted by Crippen LogP contribution is 2.21. The lowest BCUT2D eigenvalue weighted by molar-refractivity contribution is -0.115. The average molecular weight is 321 g/mol. The number of nitrogens with one attached hydrogen (secondary N) is 2. The van der Waals surface area contributed by atoms with Gasteiger partial charge in [0.05, 0.1) is 12.6 Å². The van der Waals surface area contributed by atoms with E-state index in [-0.39, 0.29) is 18.5 Å². The first-order valence-electron chi connectivity index (χ1n) is 7.79. The lowest BCUT2D eigenvalue weighted by atomic mass is 9.99. The number of amides is 1. The fraction of sp³-hybridized carbons (Fsp3) is 0.158. The SMILES string of the molecule is Cc1cc(NC(=O)CNC(c2ccccc2)c2ccccc2)no1. The molecule has 1 heterocycles. The predicted molar refractivity (Wildman–Crippen MR) is 92.6 cm³/mol. The van der Waals surface area contributed by atoms with Gasteiger partial charge in [0.15, 0.2) is 5.82 Å². The Morgan fingerprint density at radius 2 is 1.62 bits per heavy atom. The van der Waals surface area contributed by atoms with E-state index < -0.39 is 0 Å². The molecule has 0 aliphatic rings. The van der Waals surface area contributed by atoms with Crippen molar-refractivity contribution in [3.63, 3.8) is 0 Å². The van der Waals surface area contributed by atoms with Crippen LogP contribution in [0.25, 0.3) is 0 Å². The van der Waals surface area contributed by atoms with Gasteiger partial charge in [0.1, 0.15) is 5.76 Å². The van der Waals surface area contributed by atoms with E-state index in [1.165, 1.54) is 0 Å². The molecule has 2 N–H and O–H groups in total. The summed E-state index contributed by atoms with van der Waals surface area (Å²) in [6, 6.07) is 21.7. The molecule has 122 valence electrons. The van der Waals surface area contributed by atoms with Crippen LogP contribution < -0.4 is 10.6 Å². The molecule has 5 nitrogen and oxygen atoms in total. The number of hydrogen-bond donors (Lipinski definition) is 2. The molecule has 0 unspecified atom stereocenters. The minimum Gasteiger partial charge on any atom is -0.360 e. The Hall–Kier alpha value is -2.92. The van der Waals surface area contributed by atoms with Gasteiger partial charge in [-0.1, -0.05) is 65.8 Å². The van der Waals surface area contributed by atoms with Crippen molar-refractivity contribution in [2.45, 2.75) is 13.0 Å². The number of aryl methyl sites for hydroxylation is 1. The van der Waals surface area contributed by atoms with Crippen molar-refractivity contribution >= 4 is 11.7 Å². The van der Waals surface area contributed by atoms with E-state index in [2.05, 4.69) is 15.8 Å². The molecular formula is C19H19N3O2. The molecule has 3 aromatic rings. The first-order chi connectivity index (χ1) is 11.7. The zero-order valence-electron chi connectivity index (χ0n) is 13.4. The number of benzene rings is 2. The molecule has 0 aliphatic carbocycles. The van der Waals surface area contributed by atoms with Crippen molar-refractivity contribution in [3.8, 4) is 0 Å². The molecule has 5 heteroatoms. The molecule has 24 heavy (non-hydrogen) atoms. The summed E-state index contributed by atoms with van der Waals surface area (Å²) in [5, 5.41) is 9.79. The fourth-order valence-corrected chi connectivity index (χ4v) is 2.53. The predicted octanol–water partition coefficient (Wildman–Crippen LogP) is 3.30. The minimum atomic E-state index is -0.167. The molecule has 0 spiro atoms.